The van der Waals surface area contributed by atoms with Crippen molar-refractivity contribution in [1.82, 2.24) is 5.32 Å². The predicted octanol–water partition coefficient (Wildman–Crippen LogP) is 2.54. The van der Waals surface area contributed by atoms with Gasteiger partial charge in [0.1, 0.15) is 13.0 Å². The first kappa shape index (κ1) is 17.1. The molecular weight excluding hydrogens is 294 g/mol. The molecule has 0 aliphatic rings. The molecule has 0 aliphatic carbocycles. The second-order valence-electron chi connectivity index (χ2n) is 5.14. The molecule has 0 saturated heterocycles. The molecule has 23 heavy (non-hydrogen) atoms. The van der Waals surface area contributed by atoms with Gasteiger partial charge in [0.15, 0.2) is 0 Å². The number of carbonyl (C=O) groups is 1. The third kappa shape index (κ3) is 4.89. The van der Waals surface area contributed by atoms with E-state index in [1.54, 1.807) is 13.2 Å². The molecule has 0 radical (unpaired) electrons. The Morgan fingerprint density at radius 2 is 1.91 bits per heavy atom. The van der Waals surface area contributed by atoms with Crippen molar-refractivity contribution in [2.24, 2.45) is 0 Å². The number of aliphatic hydroxyl groups is 1. The second-order valence-corrected chi connectivity index (χ2v) is 5.14. The molecule has 1 amide bonds. The van der Waals surface area contributed by atoms with Gasteiger partial charge in [0.05, 0.1) is 6.61 Å². The van der Waals surface area contributed by atoms with Crippen LogP contribution in [0.4, 0.5) is 0 Å². The minimum Gasteiger partial charge on any atom is -0.374 e. The third-order valence-corrected chi connectivity index (χ3v) is 3.26. The summed E-state index contributed by atoms with van der Waals surface area (Å²) in [5.41, 5.74) is 3.27. The van der Waals surface area contributed by atoms with Crippen LogP contribution in [-0.4, -0.2) is 31.1 Å². The quantitative estimate of drug-likeness (QED) is 0.608. The number of amides is 1. The maximum atomic E-state index is 12.2. The summed E-state index contributed by atoms with van der Waals surface area (Å²) in [7, 11) is 1.54. The Morgan fingerprint density at radius 3 is 2.57 bits per heavy atom. The number of carbonyl (C=O) groups excluding carboxylic acids is 1. The van der Waals surface area contributed by atoms with Crippen LogP contribution in [-0.2, 0) is 16.1 Å². The van der Waals surface area contributed by atoms with Gasteiger partial charge in [-0.2, -0.15) is 0 Å². The fourth-order valence-corrected chi connectivity index (χ4v) is 2.25. The van der Waals surface area contributed by atoms with Gasteiger partial charge in [-0.15, -0.1) is 0 Å². The van der Waals surface area contributed by atoms with Crippen LogP contribution in [0.3, 0.4) is 0 Å². The molecule has 2 aromatic carbocycles. The van der Waals surface area contributed by atoms with E-state index in [9.17, 15) is 9.90 Å². The van der Waals surface area contributed by atoms with Crippen LogP contribution in [0.15, 0.2) is 48.5 Å². The number of ether oxygens (including phenoxy) is 2. The summed E-state index contributed by atoms with van der Waals surface area (Å²) in [5, 5.41) is 11.8. The molecular formula is C18H21NO4. The highest BCUT2D eigenvalue weighted by Gasteiger charge is 2.14. The summed E-state index contributed by atoms with van der Waals surface area (Å²) >= 11 is 0. The van der Waals surface area contributed by atoms with Crippen molar-refractivity contribution in [3.8, 4) is 11.1 Å². The number of nitrogens with one attached hydrogen (secondary N) is 1. The summed E-state index contributed by atoms with van der Waals surface area (Å²) in [5.74, 6) is -0.337. The number of hydrogen-bond donors (Lipinski definition) is 2. The van der Waals surface area contributed by atoms with E-state index in [0.29, 0.717) is 5.56 Å². The number of methoxy groups -OCH3 is 1. The molecule has 1 unspecified atom stereocenters. The van der Waals surface area contributed by atoms with Crippen LogP contribution >= 0.6 is 0 Å². The lowest BCUT2D eigenvalue weighted by molar-refractivity contribution is -0.0392. The van der Waals surface area contributed by atoms with Crippen molar-refractivity contribution in [2.75, 3.05) is 13.9 Å². The van der Waals surface area contributed by atoms with Crippen LogP contribution in [0.1, 0.15) is 22.8 Å². The van der Waals surface area contributed by atoms with Gasteiger partial charge in [0.2, 0.25) is 0 Å². The first-order chi connectivity index (χ1) is 11.1. The van der Waals surface area contributed by atoms with Crippen molar-refractivity contribution >= 4 is 5.91 Å². The van der Waals surface area contributed by atoms with Gasteiger partial charge in [-0.1, -0.05) is 36.4 Å². The number of aliphatic hydroxyl groups excluding tert-OH is 1. The first-order valence-corrected chi connectivity index (χ1v) is 7.35. The Bertz CT molecular complexity index is 641. The summed E-state index contributed by atoms with van der Waals surface area (Å²) in [6.45, 7) is 1.89. The zero-order valence-electron chi connectivity index (χ0n) is 13.3. The van der Waals surface area contributed by atoms with E-state index >= 15 is 0 Å². The lowest BCUT2D eigenvalue weighted by Crippen LogP contribution is -2.32. The SMILES string of the molecule is COCOCc1cc(-c2ccccc2)ccc1C(=O)NC(C)O. The van der Waals surface area contributed by atoms with Crippen LogP contribution in [0.2, 0.25) is 0 Å². The van der Waals surface area contributed by atoms with Crippen LogP contribution in [0.25, 0.3) is 11.1 Å². The van der Waals surface area contributed by atoms with E-state index in [1.165, 1.54) is 6.92 Å². The Hall–Kier alpha value is -2.21. The molecule has 0 bridgehead atoms. The van der Waals surface area contributed by atoms with Gasteiger partial charge in [-0.05, 0) is 35.7 Å². The number of benzene rings is 2. The molecule has 0 fully saturated rings. The van der Waals surface area contributed by atoms with E-state index in [1.807, 2.05) is 42.5 Å². The monoisotopic (exact) mass is 315 g/mol. The van der Waals surface area contributed by atoms with E-state index in [4.69, 9.17) is 9.47 Å². The normalized spacial score (nSPS) is 12.0. The molecule has 122 valence electrons. The maximum absolute atomic E-state index is 12.2. The molecule has 0 heterocycles. The Balaban J connectivity index is 2.32. The van der Waals surface area contributed by atoms with Crippen LogP contribution in [0.5, 0.6) is 0 Å². The fourth-order valence-electron chi connectivity index (χ4n) is 2.25. The molecule has 5 nitrogen and oxygen atoms in total. The Morgan fingerprint density at radius 1 is 1.17 bits per heavy atom. The Kier molecular flexibility index (Phi) is 6.29. The molecule has 0 spiro atoms. The standard InChI is InChI=1S/C18H21NO4/c1-13(20)19-18(21)17-9-8-15(14-6-4-3-5-7-14)10-16(17)11-23-12-22-2/h3-10,13,20H,11-12H2,1-2H3,(H,19,21). The molecule has 2 N–H and O–H groups in total. The zero-order chi connectivity index (χ0) is 16.7. The molecule has 0 aromatic heterocycles. The Labute approximate surface area is 135 Å². The average molecular weight is 315 g/mol. The molecule has 0 saturated carbocycles. The van der Waals surface area contributed by atoms with Crippen molar-refractivity contribution < 1.29 is 19.4 Å². The second kappa shape index (κ2) is 8.43. The average Bonchev–Trinajstić information content (AvgIpc) is 2.55. The highest BCUT2D eigenvalue weighted by atomic mass is 16.7. The maximum Gasteiger partial charge on any atom is 0.253 e. The summed E-state index contributed by atoms with van der Waals surface area (Å²) < 4.78 is 10.3. The molecule has 2 rings (SSSR count). The summed E-state index contributed by atoms with van der Waals surface area (Å²) in [4.78, 5) is 12.2. The summed E-state index contributed by atoms with van der Waals surface area (Å²) in [6.07, 6.45) is -0.913. The number of rotatable bonds is 7. The first-order valence-electron chi connectivity index (χ1n) is 7.35. The third-order valence-electron chi connectivity index (χ3n) is 3.26. The molecule has 0 aliphatic heterocycles. The van der Waals surface area contributed by atoms with E-state index in [-0.39, 0.29) is 19.3 Å². The van der Waals surface area contributed by atoms with E-state index < -0.39 is 6.23 Å². The van der Waals surface area contributed by atoms with Crippen molar-refractivity contribution in [3.63, 3.8) is 0 Å². The van der Waals surface area contributed by atoms with Gasteiger partial charge in [0, 0.05) is 12.7 Å². The zero-order valence-corrected chi connectivity index (χ0v) is 13.3. The minimum absolute atomic E-state index is 0.146. The van der Waals surface area contributed by atoms with E-state index in [0.717, 1.165) is 16.7 Å². The predicted molar refractivity (Wildman–Crippen MR) is 87.7 cm³/mol. The topological polar surface area (TPSA) is 67.8 Å². The highest BCUT2D eigenvalue weighted by Crippen LogP contribution is 2.23. The van der Waals surface area contributed by atoms with Gasteiger partial charge in [-0.3, -0.25) is 4.79 Å². The largest absolute Gasteiger partial charge is 0.374 e. The van der Waals surface area contributed by atoms with Crippen LogP contribution < -0.4 is 5.32 Å². The van der Waals surface area contributed by atoms with Crippen molar-refractivity contribution in [1.29, 1.82) is 0 Å². The van der Waals surface area contributed by atoms with Crippen molar-refractivity contribution in [2.45, 2.75) is 19.8 Å². The van der Waals surface area contributed by atoms with Gasteiger partial charge >= 0.3 is 0 Å². The fraction of sp³-hybridized carbons (Fsp3) is 0.278. The highest BCUT2D eigenvalue weighted by molar-refractivity contribution is 5.96. The molecule has 1 atom stereocenters. The minimum atomic E-state index is -0.913. The molecule has 5 heteroatoms. The number of hydrogen-bond acceptors (Lipinski definition) is 4. The summed E-state index contributed by atoms with van der Waals surface area (Å²) in [6, 6.07) is 15.4. The lowest BCUT2D eigenvalue weighted by Gasteiger charge is -2.14. The molecule has 2 aromatic rings. The van der Waals surface area contributed by atoms with Crippen LogP contribution in [0, 0.1) is 0 Å². The van der Waals surface area contributed by atoms with Gasteiger partial charge in [-0.25, -0.2) is 0 Å². The van der Waals surface area contributed by atoms with E-state index in [2.05, 4.69) is 5.32 Å². The van der Waals surface area contributed by atoms with Gasteiger partial charge in [0.25, 0.3) is 5.91 Å². The van der Waals surface area contributed by atoms with Gasteiger partial charge < -0.3 is 19.9 Å². The lowest BCUT2D eigenvalue weighted by atomic mass is 9.99. The smallest absolute Gasteiger partial charge is 0.253 e. The van der Waals surface area contributed by atoms with Crippen molar-refractivity contribution in [3.05, 3.63) is 59.7 Å².